The van der Waals surface area contributed by atoms with Crippen LogP contribution in [0.5, 0.6) is 11.5 Å². The van der Waals surface area contributed by atoms with Gasteiger partial charge < -0.3 is 14.4 Å². The third-order valence-electron chi connectivity index (χ3n) is 7.87. The van der Waals surface area contributed by atoms with Crippen LogP contribution >= 0.6 is 23.2 Å². The lowest BCUT2D eigenvalue weighted by atomic mass is 9.93. The molecule has 46 heavy (non-hydrogen) atoms. The number of methoxy groups -OCH3 is 1. The van der Waals surface area contributed by atoms with Crippen molar-refractivity contribution < 1.29 is 23.9 Å². The van der Waals surface area contributed by atoms with Crippen molar-refractivity contribution in [1.29, 1.82) is 0 Å². The van der Waals surface area contributed by atoms with Gasteiger partial charge in [0.1, 0.15) is 29.9 Å². The molecular formula is C35H38Cl2N4O5. The molecule has 0 aromatic heterocycles. The quantitative estimate of drug-likeness (QED) is 0.279. The van der Waals surface area contributed by atoms with Gasteiger partial charge in [0, 0.05) is 34.6 Å². The molecule has 1 saturated heterocycles. The molecule has 5 rings (SSSR count). The summed E-state index contributed by atoms with van der Waals surface area (Å²) in [6.07, 6.45) is -0.179. The molecule has 0 spiro atoms. The number of amidine groups is 1. The molecule has 242 valence electrons. The van der Waals surface area contributed by atoms with Crippen LogP contribution in [0.25, 0.3) is 0 Å². The second-order valence-electron chi connectivity index (χ2n) is 12.6. The zero-order valence-electron chi connectivity index (χ0n) is 26.8. The number of rotatable bonds is 6. The summed E-state index contributed by atoms with van der Waals surface area (Å²) in [4.78, 5) is 50.6. The van der Waals surface area contributed by atoms with Crippen LogP contribution in [0.4, 0.5) is 4.79 Å². The molecule has 4 amide bonds. The van der Waals surface area contributed by atoms with Crippen LogP contribution in [0.15, 0.2) is 71.7 Å². The van der Waals surface area contributed by atoms with Gasteiger partial charge >= 0.3 is 6.03 Å². The molecule has 3 aromatic rings. The zero-order valence-corrected chi connectivity index (χ0v) is 28.3. The number of hydrogen-bond donors (Lipinski definition) is 0. The number of carbonyl (C=O) groups excluding carboxylic acids is 3. The van der Waals surface area contributed by atoms with Gasteiger partial charge in [0.05, 0.1) is 24.8 Å². The maximum Gasteiger partial charge on any atom is 0.326 e. The largest absolute Gasteiger partial charge is 0.497 e. The van der Waals surface area contributed by atoms with Crippen LogP contribution in [0.3, 0.4) is 0 Å². The van der Waals surface area contributed by atoms with Crippen molar-refractivity contribution in [3.8, 4) is 11.5 Å². The fourth-order valence-corrected chi connectivity index (χ4v) is 5.88. The average molecular weight is 666 g/mol. The maximum atomic E-state index is 14.7. The van der Waals surface area contributed by atoms with E-state index < -0.39 is 29.4 Å². The van der Waals surface area contributed by atoms with E-state index in [2.05, 4.69) is 0 Å². The summed E-state index contributed by atoms with van der Waals surface area (Å²) >= 11 is 12.5. The van der Waals surface area contributed by atoms with Crippen molar-refractivity contribution in [3.05, 3.63) is 93.5 Å². The first-order valence-electron chi connectivity index (χ1n) is 15.1. The first-order chi connectivity index (χ1) is 21.8. The van der Waals surface area contributed by atoms with E-state index in [1.807, 2.05) is 44.2 Å². The van der Waals surface area contributed by atoms with Crippen LogP contribution < -0.4 is 9.47 Å². The number of imide groups is 1. The lowest BCUT2D eigenvalue weighted by Gasteiger charge is -2.39. The number of carbonyl (C=O) groups is 3. The summed E-state index contributed by atoms with van der Waals surface area (Å²) in [6, 6.07) is 18.5. The molecule has 0 aliphatic carbocycles. The van der Waals surface area contributed by atoms with Crippen LogP contribution in [-0.2, 0) is 9.59 Å². The average Bonchev–Trinajstić information content (AvgIpc) is 3.40. The van der Waals surface area contributed by atoms with Gasteiger partial charge in [-0.15, -0.1) is 0 Å². The van der Waals surface area contributed by atoms with E-state index in [1.165, 1.54) is 9.80 Å². The Kier molecular flexibility index (Phi) is 9.65. The van der Waals surface area contributed by atoms with Crippen molar-refractivity contribution >= 4 is 46.9 Å². The lowest BCUT2D eigenvalue weighted by molar-refractivity contribution is -0.153. The summed E-state index contributed by atoms with van der Waals surface area (Å²) in [5, 5.41) is 1.13. The number of benzene rings is 3. The Labute approximate surface area is 279 Å². The van der Waals surface area contributed by atoms with Gasteiger partial charge in [-0.05, 0) is 61.4 Å². The smallest absolute Gasteiger partial charge is 0.326 e. The van der Waals surface area contributed by atoms with E-state index in [1.54, 1.807) is 69.2 Å². The summed E-state index contributed by atoms with van der Waals surface area (Å²) in [6.45, 7) is 9.16. The number of ether oxygens (including phenoxy) is 2. The minimum Gasteiger partial charge on any atom is -0.497 e. The van der Waals surface area contributed by atoms with E-state index >= 15 is 0 Å². The Balaban J connectivity index is 1.64. The highest BCUT2D eigenvalue weighted by Crippen LogP contribution is 2.46. The Morgan fingerprint density at radius 1 is 0.913 bits per heavy atom. The van der Waals surface area contributed by atoms with Crippen molar-refractivity contribution in [2.75, 3.05) is 26.7 Å². The molecule has 9 nitrogen and oxygen atoms in total. The second-order valence-corrected chi connectivity index (χ2v) is 13.5. The summed E-state index contributed by atoms with van der Waals surface area (Å²) in [7, 11) is 1.57. The molecule has 0 N–H and O–H groups in total. The molecule has 0 unspecified atom stereocenters. The second kappa shape index (κ2) is 13.3. The molecule has 11 heteroatoms. The summed E-state index contributed by atoms with van der Waals surface area (Å²) < 4.78 is 11.7. The number of amides is 4. The molecule has 3 aromatic carbocycles. The van der Waals surface area contributed by atoms with E-state index in [0.29, 0.717) is 32.9 Å². The lowest BCUT2D eigenvalue weighted by Crippen LogP contribution is -2.59. The van der Waals surface area contributed by atoms with Gasteiger partial charge in [-0.3, -0.25) is 24.4 Å². The van der Waals surface area contributed by atoms with Crippen molar-refractivity contribution in [1.82, 2.24) is 14.7 Å². The summed E-state index contributed by atoms with van der Waals surface area (Å²) in [5.41, 5.74) is 1.49. The number of halogens is 2. The fraction of sp³-hybridized carbons (Fsp3) is 0.371. The molecule has 2 aliphatic heterocycles. The van der Waals surface area contributed by atoms with Crippen molar-refractivity contribution in [3.63, 3.8) is 0 Å². The first-order valence-corrected chi connectivity index (χ1v) is 15.9. The number of aliphatic imine (C=N–C) groups is 1. The predicted molar refractivity (Wildman–Crippen MR) is 179 cm³/mol. The first kappa shape index (κ1) is 33.3. The van der Waals surface area contributed by atoms with E-state index in [0.717, 1.165) is 11.1 Å². The van der Waals surface area contributed by atoms with Gasteiger partial charge in [0.15, 0.2) is 0 Å². The highest BCUT2D eigenvalue weighted by molar-refractivity contribution is 6.30. The predicted octanol–water partition coefficient (Wildman–Crippen LogP) is 7.17. The van der Waals surface area contributed by atoms with Gasteiger partial charge in [-0.1, -0.05) is 68.2 Å². The number of hydrogen-bond acceptors (Lipinski definition) is 6. The van der Waals surface area contributed by atoms with Crippen LogP contribution in [0, 0.1) is 5.41 Å². The maximum absolute atomic E-state index is 14.7. The molecule has 0 saturated carbocycles. The third kappa shape index (κ3) is 6.86. The Morgan fingerprint density at radius 3 is 2.07 bits per heavy atom. The van der Waals surface area contributed by atoms with E-state index in [-0.39, 0.29) is 31.6 Å². The molecule has 2 atom stereocenters. The van der Waals surface area contributed by atoms with E-state index in [9.17, 15) is 14.4 Å². The third-order valence-corrected chi connectivity index (χ3v) is 8.37. The number of piperazine rings is 1. The highest BCUT2D eigenvalue weighted by atomic mass is 35.5. The Bertz CT molecular complexity index is 1650. The SMILES string of the molecule is COc1ccc(C2=N[C@H](c3ccc(Cl)cc3)[C@H](c3ccc(Cl)cc3)N2C(=O)N2CCN(C(=O)C(C)(C)C)C(=O)C2)c(OC(C)C)c1. The van der Waals surface area contributed by atoms with Crippen LogP contribution in [0.1, 0.15) is 63.4 Å². The molecule has 2 aliphatic rings. The Morgan fingerprint density at radius 2 is 1.52 bits per heavy atom. The van der Waals surface area contributed by atoms with Crippen molar-refractivity contribution in [2.24, 2.45) is 10.4 Å². The molecule has 0 radical (unpaired) electrons. The molecule has 1 fully saturated rings. The van der Waals surface area contributed by atoms with Crippen molar-refractivity contribution in [2.45, 2.75) is 52.8 Å². The topological polar surface area (TPSA) is 91.8 Å². The standard InChI is InChI=1S/C35H38Cl2N4O5/c1-21(2)46-28-19-26(45-6)15-16-27(28)32-38-30(22-7-11-24(36)12-8-22)31(23-9-13-25(37)14-10-23)41(32)34(44)39-17-18-40(29(42)20-39)33(43)35(3,4)5/h7-16,19,21,30-31H,17-18,20H2,1-6H3/t30-,31+/m1/s1. The Hall–Kier alpha value is -4.08. The molecular weight excluding hydrogens is 627 g/mol. The van der Waals surface area contributed by atoms with Gasteiger partial charge in [0.25, 0.3) is 0 Å². The zero-order chi connectivity index (χ0) is 33.3. The number of urea groups is 1. The minimum absolute atomic E-state index is 0.0947. The monoisotopic (exact) mass is 664 g/mol. The van der Waals surface area contributed by atoms with Gasteiger partial charge in [-0.2, -0.15) is 0 Å². The van der Waals surface area contributed by atoms with E-state index in [4.69, 9.17) is 37.7 Å². The normalized spacial score (nSPS) is 18.6. The number of nitrogens with zero attached hydrogens (tertiary/aromatic N) is 4. The van der Waals surface area contributed by atoms with Gasteiger partial charge in [-0.25, -0.2) is 4.79 Å². The fourth-order valence-electron chi connectivity index (χ4n) is 5.63. The minimum atomic E-state index is -0.733. The van der Waals surface area contributed by atoms with Crippen LogP contribution in [0.2, 0.25) is 10.0 Å². The highest BCUT2D eigenvalue weighted by Gasteiger charge is 2.46. The molecule has 0 bridgehead atoms. The van der Waals surface area contributed by atoms with Crippen LogP contribution in [-0.4, -0.2) is 71.2 Å². The summed E-state index contributed by atoms with van der Waals surface area (Å²) in [5.74, 6) is 0.758. The molecule has 2 heterocycles. The van der Waals surface area contributed by atoms with Gasteiger partial charge in [0.2, 0.25) is 11.8 Å².